The van der Waals surface area contributed by atoms with E-state index in [-0.39, 0.29) is 16.7 Å². The minimum Gasteiger partial charge on any atom is -0.503 e. The highest BCUT2D eigenvalue weighted by Crippen LogP contribution is 2.35. The summed E-state index contributed by atoms with van der Waals surface area (Å²) in [4.78, 5) is 32.3. The van der Waals surface area contributed by atoms with E-state index in [1.165, 1.54) is 0 Å². The highest BCUT2D eigenvalue weighted by atomic mass is 16.5. The third kappa shape index (κ3) is 5.73. The zero-order valence-electron chi connectivity index (χ0n) is 23.2. The minimum atomic E-state index is -0.311. The SMILES string of the molecule is Cn1c(CN2C[C@@H]3C[C@H](C2)c2cccc(=O)n2C3)cc(=O)c(O)c1CN1CCN(CCOc2ccccc2)CC1. The summed E-state index contributed by atoms with van der Waals surface area (Å²) in [6, 6.07) is 17.1. The summed E-state index contributed by atoms with van der Waals surface area (Å²) < 4.78 is 9.81. The van der Waals surface area contributed by atoms with Crippen LogP contribution in [-0.2, 0) is 26.7 Å². The zero-order valence-corrected chi connectivity index (χ0v) is 23.2. The molecule has 2 saturated heterocycles. The van der Waals surface area contributed by atoms with Crippen LogP contribution in [0.15, 0.2) is 64.2 Å². The van der Waals surface area contributed by atoms with Gasteiger partial charge in [-0.1, -0.05) is 24.3 Å². The molecule has 2 fully saturated rings. The number of hydrogen-bond acceptors (Lipinski definition) is 7. The van der Waals surface area contributed by atoms with Crippen LogP contribution in [0.2, 0.25) is 0 Å². The summed E-state index contributed by atoms with van der Waals surface area (Å²) in [5.74, 6) is 1.50. The molecule has 40 heavy (non-hydrogen) atoms. The van der Waals surface area contributed by atoms with Gasteiger partial charge in [-0.2, -0.15) is 0 Å². The monoisotopic (exact) mass is 545 g/mol. The molecular formula is C31H39N5O4. The first kappa shape index (κ1) is 26.8. The molecule has 0 amide bonds. The summed E-state index contributed by atoms with van der Waals surface area (Å²) in [5.41, 5.74) is 2.50. The van der Waals surface area contributed by atoms with Crippen molar-refractivity contribution in [3.05, 3.63) is 92.3 Å². The third-order valence-corrected chi connectivity index (χ3v) is 8.84. The first-order valence-electron chi connectivity index (χ1n) is 14.4. The molecule has 0 aliphatic carbocycles. The first-order valence-corrected chi connectivity index (χ1v) is 14.4. The maximum absolute atomic E-state index is 12.8. The molecule has 6 rings (SSSR count). The summed E-state index contributed by atoms with van der Waals surface area (Å²) in [6.45, 7) is 8.83. The molecule has 5 heterocycles. The molecule has 0 saturated carbocycles. The Morgan fingerprint density at radius 1 is 0.875 bits per heavy atom. The average Bonchev–Trinajstić information content (AvgIpc) is 2.96. The fourth-order valence-electron chi connectivity index (χ4n) is 6.67. The lowest BCUT2D eigenvalue weighted by Crippen LogP contribution is -2.47. The molecule has 9 heteroatoms. The lowest BCUT2D eigenvalue weighted by Gasteiger charge is -2.43. The molecule has 212 valence electrons. The van der Waals surface area contributed by atoms with E-state index < -0.39 is 0 Å². The smallest absolute Gasteiger partial charge is 0.250 e. The minimum absolute atomic E-state index is 0.0903. The summed E-state index contributed by atoms with van der Waals surface area (Å²) in [6.07, 6.45) is 1.10. The van der Waals surface area contributed by atoms with Crippen molar-refractivity contribution in [2.24, 2.45) is 13.0 Å². The maximum atomic E-state index is 12.8. The summed E-state index contributed by atoms with van der Waals surface area (Å²) in [5, 5.41) is 10.7. The predicted molar refractivity (Wildman–Crippen MR) is 154 cm³/mol. The number of pyridine rings is 2. The molecule has 1 aromatic carbocycles. The van der Waals surface area contributed by atoms with Crippen LogP contribution in [0.1, 0.15) is 29.4 Å². The Kier molecular flexibility index (Phi) is 7.78. The van der Waals surface area contributed by atoms with Gasteiger partial charge in [0.05, 0.1) is 5.69 Å². The van der Waals surface area contributed by atoms with Crippen LogP contribution in [0, 0.1) is 5.92 Å². The van der Waals surface area contributed by atoms with Crippen molar-refractivity contribution in [3.63, 3.8) is 0 Å². The van der Waals surface area contributed by atoms with Crippen LogP contribution >= 0.6 is 0 Å². The average molecular weight is 546 g/mol. The number of piperidine rings is 1. The van der Waals surface area contributed by atoms with Gasteiger partial charge >= 0.3 is 0 Å². The Morgan fingerprint density at radius 2 is 1.65 bits per heavy atom. The van der Waals surface area contributed by atoms with Gasteiger partial charge in [0.15, 0.2) is 5.75 Å². The molecule has 2 atom stereocenters. The van der Waals surface area contributed by atoms with E-state index in [0.29, 0.717) is 37.2 Å². The van der Waals surface area contributed by atoms with Gasteiger partial charge in [-0.3, -0.25) is 24.3 Å². The van der Waals surface area contributed by atoms with Crippen molar-refractivity contribution >= 4 is 0 Å². The Morgan fingerprint density at radius 3 is 2.45 bits per heavy atom. The van der Waals surface area contributed by atoms with Gasteiger partial charge in [-0.25, -0.2) is 0 Å². The lowest BCUT2D eigenvalue weighted by atomic mass is 9.83. The van der Waals surface area contributed by atoms with E-state index >= 15 is 0 Å². The van der Waals surface area contributed by atoms with Crippen molar-refractivity contribution in [2.45, 2.75) is 32.0 Å². The van der Waals surface area contributed by atoms with Crippen LogP contribution < -0.4 is 15.7 Å². The Balaban J connectivity index is 1.07. The van der Waals surface area contributed by atoms with E-state index in [9.17, 15) is 14.7 Å². The second-order valence-electron chi connectivity index (χ2n) is 11.5. The number of piperazine rings is 1. The van der Waals surface area contributed by atoms with Crippen LogP contribution in [0.4, 0.5) is 0 Å². The third-order valence-electron chi connectivity index (χ3n) is 8.84. The van der Waals surface area contributed by atoms with Crippen LogP contribution in [-0.4, -0.2) is 81.4 Å². The molecule has 1 N–H and O–H groups in total. The highest BCUT2D eigenvalue weighted by Gasteiger charge is 2.34. The second kappa shape index (κ2) is 11.6. The number of aromatic nitrogens is 2. The van der Waals surface area contributed by atoms with Crippen molar-refractivity contribution in [3.8, 4) is 11.5 Å². The van der Waals surface area contributed by atoms with Crippen molar-refractivity contribution in [1.29, 1.82) is 0 Å². The van der Waals surface area contributed by atoms with E-state index in [0.717, 1.165) is 75.9 Å². The van der Waals surface area contributed by atoms with Crippen molar-refractivity contribution in [1.82, 2.24) is 23.8 Å². The Bertz CT molecular complexity index is 1440. The first-order chi connectivity index (χ1) is 19.4. The summed E-state index contributed by atoms with van der Waals surface area (Å²) >= 11 is 0. The summed E-state index contributed by atoms with van der Waals surface area (Å²) in [7, 11) is 1.96. The molecule has 3 aliphatic rings. The topological polar surface area (TPSA) is 83.2 Å². The number of likely N-dealkylation sites (tertiary alicyclic amines) is 1. The van der Waals surface area contributed by atoms with Gasteiger partial charge in [-0.05, 0) is 30.5 Å². The highest BCUT2D eigenvalue weighted by molar-refractivity contribution is 5.30. The molecule has 0 radical (unpaired) electrons. The number of ether oxygens (including phenoxy) is 1. The second-order valence-corrected chi connectivity index (χ2v) is 11.5. The van der Waals surface area contributed by atoms with E-state index in [1.807, 2.05) is 52.6 Å². The molecule has 0 unspecified atom stereocenters. The van der Waals surface area contributed by atoms with E-state index in [1.54, 1.807) is 12.1 Å². The van der Waals surface area contributed by atoms with Gasteiger partial charge in [0, 0.05) is 102 Å². The standard InChI is InChI=1S/C31H39N5O4/c1-32-25(21-35-18-23-16-24(20-35)27-8-5-9-30(38)36(27)19-23)17-29(37)31(39)28(32)22-34-12-10-33(11-13-34)14-15-40-26-6-3-2-4-7-26/h2-9,17,23-24,39H,10-16,18-22H2,1H3/t23-,24+/m0/s1. The predicted octanol–water partition coefficient (Wildman–Crippen LogP) is 2.07. The largest absolute Gasteiger partial charge is 0.503 e. The van der Waals surface area contributed by atoms with Crippen LogP contribution in [0.25, 0.3) is 0 Å². The van der Waals surface area contributed by atoms with Crippen molar-refractivity contribution < 1.29 is 9.84 Å². The molecular weight excluding hydrogens is 506 g/mol. The number of nitrogens with zero attached hydrogens (tertiary/aromatic N) is 5. The Hall–Kier alpha value is -3.40. The Labute approximate surface area is 234 Å². The quantitative estimate of drug-likeness (QED) is 0.464. The molecule has 2 bridgehead atoms. The van der Waals surface area contributed by atoms with Gasteiger partial charge < -0.3 is 19.0 Å². The number of benzene rings is 1. The number of para-hydroxylation sites is 1. The van der Waals surface area contributed by atoms with Crippen molar-refractivity contribution in [2.75, 3.05) is 52.4 Å². The van der Waals surface area contributed by atoms with Crippen LogP contribution in [0.3, 0.4) is 0 Å². The number of fused-ring (bicyclic) bond motifs is 4. The zero-order chi connectivity index (χ0) is 27.6. The van der Waals surface area contributed by atoms with Gasteiger partial charge in [0.1, 0.15) is 12.4 Å². The normalized spacial score (nSPS) is 21.7. The van der Waals surface area contributed by atoms with Gasteiger partial charge in [0.25, 0.3) is 5.56 Å². The molecule has 3 aromatic rings. The fourth-order valence-corrected chi connectivity index (χ4v) is 6.67. The number of hydrogen-bond donors (Lipinski definition) is 1. The lowest BCUT2D eigenvalue weighted by molar-refractivity contribution is 0.107. The molecule has 9 nitrogen and oxygen atoms in total. The molecule has 0 spiro atoms. The van der Waals surface area contributed by atoms with Crippen LogP contribution in [0.5, 0.6) is 11.5 Å². The van der Waals surface area contributed by atoms with E-state index in [2.05, 4.69) is 20.8 Å². The number of aromatic hydroxyl groups is 1. The van der Waals surface area contributed by atoms with Gasteiger partial charge in [0.2, 0.25) is 5.43 Å². The molecule has 2 aromatic heterocycles. The van der Waals surface area contributed by atoms with E-state index in [4.69, 9.17) is 4.74 Å². The number of rotatable bonds is 8. The van der Waals surface area contributed by atoms with Gasteiger partial charge in [-0.15, -0.1) is 0 Å². The maximum Gasteiger partial charge on any atom is 0.250 e. The fraction of sp³-hybridized carbons (Fsp3) is 0.484. The molecule has 3 aliphatic heterocycles.